The number of unbranched alkanes of at least 4 members (excludes halogenated alkanes) is 2. The average Bonchev–Trinajstić information content (AvgIpc) is 1.64. The van der Waals surface area contributed by atoms with Crippen LogP contribution in [0.25, 0.3) is 10.9 Å². The molecule has 110 heavy (non-hydrogen) atoms. The average molecular weight is 1570 g/mol. The number of para-hydroxylation sites is 1. The molecule has 0 unspecified atom stereocenters. The molecule has 2 fully saturated rings. The first-order valence-corrected chi connectivity index (χ1v) is 38.1. The van der Waals surface area contributed by atoms with Gasteiger partial charge in [-0.05, 0) is 126 Å². The van der Waals surface area contributed by atoms with Gasteiger partial charge in [0.05, 0.1) is 19.4 Å². The molecule has 4 aromatic rings. The lowest BCUT2D eigenvalue weighted by Crippen LogP contribution is -2.61. The zero-order chi connectivity index (χ0) is 80.4. The lowest BCUT2D eigenvalue weighted by Gasteiger charge is -2.33. The van der Waals surface area contributed by atoms with Crippen molar-refractivity contribution >= 4 is 125 Å². The standard InChI is InChI=1S/C72H105N19O17S2/c1-42(15-9-11-29-89(38-60(95)96)39-61(97)98)80-62(99)51(24-25-59(93)94)83-63(100)49(20-8-10-27-73)84-69(106)57-22-13-30-90(57)71(108)58-23-14-31-91(58)70(107)56(40-110)88-67(104)54(34-45-36-78-48-19-7-6-18-47(45)48)86-64(101)50(21-12-28-77-72(74)75)82-66(103)53(33-44-16-4-3-5-17-44)85-68(105)55(35-46-37-76-41-79-46)87-65(102)52(26-32-109)81-43(2)92/h3-7,16-19,36-37,41-42,49-58,78,109-110H,8-15,20-35,38-40,73H2,1-2H3,(H,76,79)(H,80,99)(H,81,92)(H,82,103)(H,83,100)(H,84,106)(H,85,105)(H,86,101)(H,87,102)(H,88,104)(H,93,94)(H,95,96)(H,97,98)(H4,74,75,77)/t42-,49+,50+,51+,52+,53-,54+,55+,56+,57+,58+/m1/s1. The lowest BCUT2D eigenvalue weighted by molar-refractivity contribution is -0.148. The molecule has 36 nitrogen and oxygen atoms in total. The van der Waals surface area contributed by atoms with E-state index in [2.05, 4.69) is 93.1 Å². The fraction of sp³-hybridized carbons (Fsp3) is 0.556. The van der Waals surface area contributed by atoms with Crippen molar-refractivity contribution in [3.8, 4) is 0 Å². The van der Waals surface area contributed by atoms with Crippen LogP contribution in [0.2, 0.25) is 0 Å². The number of nitrogens with two attached hydrogens (primary N) is 3. The third-order valence-corrected chi connectivity index (χ3v) is 19.4. The summed E-state index contributed by atoms with van der Waals surface area (Å²) in [6.07, 6.45) is 6.26. The van der Waals surface area contributed by atoms with Crippen LogP contribution < -0.4 is 65.1 Å². The van der Waals surface area contributed by atoms with Crippen LogP contribution in [0, 0.1) is 0 Å². The number of hydrogen-bond acceptors (Lipinski definition) is 20. The number of aromatic nitrogens is 3. The van der Waals surface area contributed by atoms with E-state index < -0.39 is 169 Å². The van der Waals surface area contributed by atoms with Gasteiger partial charge in [0.25, 0.3) is 0 Å². The van der Waals surface area contributed by atoms with Crippen LogP contribution in [0.3, 0.4) is 0 Å². The molecule has 0 radical (unpaired) electrons. The predicted molar refractivity (Wildman–Crippen MR) is 410 cm³/mol. The number of thiol groups is 2. The summed E-state index contributed by atoms with van der Waals surface area (Å²) in [4.78, 5) is 210. The molecule has 0 saturated carbocycles. The topological polar surface area (TPSA) is 553 Å². The minimum absolute atomic E-state index is 0.00511. The number of fused-ring (bicyclic) bond motifs is 1. The number of benzene rings is 2. The number of amides is 11. The molecule has 6 rings (SSSR count). The van der Waals surface area contributed by atoms with Crippen molar-refractivity contribution < 1.29 is 82.4 Å². The summed E-state index contributed by atoms with van der Waals surface area (Å²) < 4.78 is 0. The number of imidazole rings is 1. The largest absolute Gasteiger partial charge is 0.481 e. The van der Waals surface area contributed by atoms with Gasteiger partial charge in [-0.15, -0.1) is 0 Å². The number of carboxylic acids is 3. The molecule has 2 saturated heterocycles. The molecule has 0 spiro atoms. The van der Waals surface area contributed by atoms with Gasteiger partial charge in [0.1, 0.15) is 60.4 Å². The first kappa shape index (κ1) is 88.6. The van der Waals surface area contributed by atoms with Crippen molar-refractivity contribution in [3.63, 3.8) is 0 Å². The highest BCUT2D eigenvalue weighted by molar-refractivity contribution is 7.80. The van der Waals surface area contributed by atoms with Gasteiger partial charge in [-0.25, -0.2) is 4.98 Å². The Bertz CT molecular complexity index is 3790. The van der Waals surface area contributed by atoms with E-state index in [0.29, 0.717) is 72.7 Å². The molecular weight excluding hydrogens is 1470 g/mol. The Hall–Kier alpha value is -10.3. The van der Waals surface area contributed by atoms with Crippen molar-refractivity contribution in [1.29, 1.82) is 0 Å². The van der Waals surface area contributed by atoms with Gasteiger partial charge in [-0.1, -0.05) is 55.0 Å². The summed E-state index contributed by atoms with van der Waals surface area (Å²) in [5.41, 5.74) is 19.4. The number of nitrogens with one attached hydrogen (secondary N) is 11. The summed E-state index contributed by atoms with van der Waals surface area (Å²) in [7, 11) is 0. The second-order valence-electron chi connectivity index (χ2n) is 27.4. The van der Waals surface area contributed by atoms with Crippen molar-refractivity contribution in [2.45, 2.75) is 196 Å². The number of hydrogen-bond donors (Lipinski definition) is 19. The quantitative estimate of drug-likeness (QED) is 0.0101. The van der Waals surface area contributed by atoms with Crippen LogP contribution in [0.4, 0.5) is 0 Å². The summed E-state index contributed by atoms with van der Waals surface area (Å²) in [5.74, 6) is -12.1. The van der Waals surface area contributed by atoms with E-state index in [4.69, 9.17) is 17.2 Å². The van der Waals surface area contributed by atoms with Crippen LogP contribution in [-0.2, 0) is 86.4 Å². The summed E-state index contributed by atoms with van der Waals surface area (Å²) in [6.45, 7) is 2.47. The van der Waals surface area contributed by atoms with Gasteiger partial charge < -0.3 is 100 Å². The molecule has 0 aliphatic carbocycles. The number of nitrogens with zero attached hydrogens (tertiary/aromatic N) is 5. The van der Waals surface area contributed by atoms with Crippen LogP contribution in [0.1, 0.15) is 127 Å². The van der Waals surface area contributed by atoms with E-state index >= 15 is 9.59 Å². The minimum atomic E-state index is -1.49. The fourth-order valence-electron chi connectivity index (χ4n) is 13.2. The maximum atomic E-state index is 15.1. The number of carboxylic acid groups (broad SMARTS) is 3. The lowest BCUT2D eigenvalue weighted by atomic mass is 10.0. The van der Waals surface area contributed by atoms with Crippen LogP contribution in [0.5, 0.6) is 0 Å². The molecule has 11 amide bonds. The first-order chi connectivity index (χ1) is 52.6. The number of carbonyl (C=O) groups excluding carboxylic acids is 11. The third kappa shape index (κ3) is 28.9. The van der Waals surface area contributed by atoms with E-state index in [1.165, 1.54) is 34.1 Å². The molecule has 2 aromatic heterocycles. The van der Waals surface area contributed by atoms with Crippen LogP contribution >= 0.6 is 25.3 Å². The summed E-state index contributed by atoms with van der Waals surface area (Å²) in [6, 6.07) is 2.13. The summed E-state index contributed by atoms with van der Waals surface area (Å²) in [5, 5.41) is 53.2. The SMILES string of the molecule is CC(=O)N[C@@H](CCS)C(=O)N[C@@H](Cc1cnc[nH]1)C(=O)N[C@H](Cc1ccccc1)C(=O)N[C@@H](CCCN=C(N)N)C(=O)N[C@@H](Cc1c[nH]c2ccccc12)C(=O)N[C@@H](CS)C(=O)N1CCC[C@H]1C(=O)N1CCC[C@H]1C(=O)N[C@@H](CCCCN)C(=O)N[C@@H](CCC(=O)O)C(=O)N[C@H](C)CCCCN(CC(=O)O)CC(=O)O. The molecule has 20 N–H and O–H groups in total. The number of aromatic amines is 2. The fourth-order valence-corrected chi connectivity index (χ4v) is 13.7. The number of guanidine groups is 1. The highest BCUT2D eigenvalue weighted by Crippen LogP contribution is 2.27. The van der Waals surface area contributed by atoms with E-state index in [-0.39, 0.29) is 114 Å². The molecule has 2 aliphatic rings. The molecule has 4 heterocycles. The monoisotopic (exact) mass is 1570 g/mol. The zero-order valence-electron chi connectivity index (χ0n) is 61.8. The Morgan fingerprint density at radius 1 is 0.582 bits per heavy atom. The normalized spacial score (nSPS) is 16.5. The van der Waals surface area contributed by atoms with E-state index in [0.717, 1.165) is 0 Å². The molecule has 2 aromatic carbocycles. The van der Waals surface area contributed by atoms with Crippen molar-refractivity contribution in [2.24, 2.45) is 22.2 Å². The number of aliphatic imine (C=N–C) groups is 1. The molecular formula is C72H105N19O17S2. The van der Waals surface area contributed by atoms with Crippen LogP contribution in [0.15, 0.2) is 78.3 Å². The van der Waals surface area contributed by atoms with Gasteiger partial charge >= 0.3 is 17.9 Å². The van der Waals surface area contributed by atoms with Gasteiger partial charge in [-0.3, -0.25) is 77.0 Å². The Morgan fingerprint density at radius 3 is 1.71 bits per heavy atom. The Morgan fingerprint density at radius 2 is 1.12 bits per heavy atom. The van der Waals surface area contributed by atoms with Crippen LogP contribution in [-0.4, -0.2) is 258 Å². The number of rotatable bonds is 48. The highest BCUT2D eigenvalue weighted by Gasteiger charge is 2.45. The third-order valence-electron chi connectivity index (χ3n) is 18.7. The van der Waals surface area contributed by atoms with E-state index in [1.807, 2.05) is 0 Å². The maximum Gasteiger partial charge on any atom is 0.317 e. The van der Waals surface area contributed by atoms with Crippen molar-refractivity contribution in [1.82, 2.24) is 77.5 Å². The molecule has 2 aliphatic heterocycles. The zero-order valence-corrected chi connectivity index (χ0v) is 63.6. The molecule has 11 atom stereocenters. The first-order valence-electron chi connectivity index (χ1n) is 36.8. The second-order valence-corrected chi connectivity index (χ2v) is 28.2. The maximum absolute atomic E-state index is 15.1. The molecule has 0 bridgehead atoms. The second kappa shape index (κ2) is 45.6. The van der Waals surface area contributed by atoms with E-state index in [9.17, 15) is 72.9 Å². The predicted octanol–water partition coefficient (Wildman–Crippen LogP) is -1.76. The Balaban J connectivity index is 1.20. The number of carbonyl (C=O) groups is 14. The van der Waals surface area contributed by atoms with Gasteiger partial charge in [-0.2, -0.15) is 25.3 Å². The van der Waals surface area contributed by atoms with Gasteiger partial charge in [0.2, 0.25) is 65.0 Å². The van der Waals surface area contributed by atoms with Crippen molar-refractivity contribution in [3.05, 3.63) is 90.1 Å². The number of H-pyrrole nitrogens is 2. The Labute approximate surface area is 647 Å². The van der Waals surface area contributed by atoms with Gasteiger partial charge in [0.15, 0.2) is 5.96 Å². The number of aliphatic carboxylic acids is 3. The summed E-state index contributed by atoms with van der Waals surface area (Å²) >= 11 is 8.75. The molecule has 602 valence electrons. The van der Waals surface area contributed by atoms with E-state index in [1.54, 1.807) is 67.7 Å². The highest BCUT2D eigenvalue weighted by atomic mass is 32.1. The van der Waals surface area contributed by atoms with Crippen molar-refractivity contribution in [2.75, 3.05) is 57.3 Å². The minimum Gasteiger partial charge on any atom is -0.481 e. The van der Waals surface area contributed by atoms with Gasteiger partial charge in [0, 0.05) is 93.0 Å². The molecule has 38 heteroatoms. The Kier molecular flexibility index (Phi) is 36.7. The number of likely N-dealkylation sites (tertiary alicyclic amines) is 2. The smallest absolute Gasteiger partial charge is 0.317 e.